The van der Waals surface area contributed by atoms with E-state index in [0.717, 1.165) is 37.6 Å². The lowest BCUT2D eigenvalue weighted by Gasteiger charge is -2.23. The van der Waals surface area contributed by atoms with E-state index in [-0.39, 0.29) is 11.9 Å². The summed E-state index contributed by atoms with van der Waals surface area (Å²) in [5.41, 5.74) is 0. The molecule has 1 heterocycles. The van der Waals surface area contributed by atoms with Crippen LogP contribution in [0.3, 0.4) is 0 Å². The fourth-order valence-corrected chi connectivity index (χ4v) is 3.55. The molecule has 2 rings (SSSR count). The predicted molar refractivity (Wildman–Crippen MR) is 79.0 cm³/mol. The van der Waals surface area contributed by atoms with Crippen molar-refractivity contribution < 1.29 is 4.79 Å². The first kappa shape index (κ1) is 14.8. The van der Waals surface area contributed by atoms with E-state index in [9.17, 15) is 4.79 Å². The Kier molecular flexibility index (Phi) is 5.68. The van der Waals surface area contributed by atoms with E-state index >= 15 is 0 Å². The molecule has 0 radical (unpaired) electrons. The Labute approximate surface area is 117 Å². The molecule has 3 unspecified atom stereocenters. The van der Waals surface area contributed by atoms with Gasteiger partial charge in [-0.3, -0.25) is 4.79 Å². The lowest BCUT2D eigenvalue weighted by Crippen LogP contribution is -2.47. The number of carbonyl (C=O) groups is 1. The molecule has 0 spiro atoms. The summed E-state index contributed by atoms with van der Waals surface area (Å²) in [7, 11) is 0. The van der Waals surface area contributed by atoms with E-state index in [2.05, 4.69) is 24.5 Å². The van der Waals surface area contributed by atoms with Gasteiger partial charge >= 0.3 is 0 Å². The van der Waals surface area contributed by atoms with Crippen LogP contribution in [0.5, 0.6) is 0 Å². The molecule has 3 atom stereocenters. The molecule has 0 bridgehead atoms. The molecule has 1 saturated heterocycles. The van der Waals surface area contributed by atoms with Crippen molar-refractivity contribution in [1.82, 2.24) is 10.6 Å². The standard InChI is InChI=1S/C16H30N2O/c1-12(2)13-6-5-7-14(10-9-13)18-15-8-3-4-11-17-16(15)19/h12-15,18H,3-11H2,1-2H3,(H,17,19). The van der Waals surface area contributed by atoms with Gasteiger partial charge in [0.2, 0.25) is 5.91 Å². The van der Waals surface area contributed by atoms with Gasteiger partial charge in [0.05, 0.1) is 6.04 Å². The zero-order chi connectivity index (χ0) is 13.7. The molecule has 1 amide bonds. The minimum Gasteiger partial charge on any atom is -0.355 e. The van der Waals surface area contributed by atoms with Crippen molar-refractivity contribution in [2.45, 2.75) is 77.3 Å². The van der Waals surface area contributed by atoms with Gasteiger partial charge in [-0.25, -0.2) is 0 Å². The van der Waals surface area contributed by atoms with Crippen molar-refractivity contribution in [1.29, 1.82) is 0 Å². The van der Waals surface area contributed by atoms with E-state index in [1.807, 2.05) is 0 Å². The van der Waals surface area contributed by atoms with Gasteiger partial charge in [-0.2, -0.15) is 0 Å². The average Bonchev–Trinajstić information content (AvgIpc) is 2.72. The first-order valence-corrected chi connectivity index (χ1v) is 8.20. The van der Waals surface area contributed by atoms with E-state index in [1.54, 1.807) is 0 Å². The highest BCUT2D eigenvalue weighted by atomic mass is 16.2. The maximum absolute atomic E-state index is 12.0. The third-order valence-electron chi connectivity index (χ3n) is 4.93. The highest BCUT2D eigenvalue weighted by Gasteiger charge is 2.26. The van der Waals surface area contributed by atoms with Crippen LogP contribution in [0.1, 0.15) is 65.2 Å². The SMILES string of the molecule is CC(C)C1CCCC(NC2CCCCNC2=O)CC1. The van der Waals surface area contributed by atoms with Crippen molar-refractivity contribution >= 4 is 5.91 Å². The largest absolute Gasteiger partial charge is 0.355 e. The number of rotatable bonds is 3. The van der Waals surface area contributed by atoms with Crippen LogP contribution in [-0.4, -0.2) is 24.5 Å². The van der Waals surface area contributed by atoms with Crippen molar-refractivity contribution in [3.8, 4) is 0 Å². The van der Waals surface area contributed by atoms with E-state index < -0.39 is 0 Å². The molecule has 110 valence electrons. The molecule has 3 nitrogen and oxygen atoms in total. The summed E-state index contributed by atoms with van der Waals surface area (Å²) >= 11 is 0. The molecule has 1 aliphatic carbocycles. The quantitative estimate of drug-likeness (QED) is 0.771. The Balaban J connectivity index is 1.83. The van der Waals surface area contributed by atoms with Gasteiger partial charge in [0.1, 0.15) is 0 Å². The topological polar surface area (TPSA) is 41.1 Å². The van der Waals surface area contributed by atoms with Gasteiger partial charge in [0.25, 0.3) is 0 Å². The van der Waals surface area contributed by atoms with Gasteiger partial charge in [0.15, 0.2) is 0 Å². The number of amides is 1. The van der Waals surface area contributed by atoms with Crippen LogP contribution in [0.15, 0.2) is 0 Å². The molecule has 0 aromatic heterocycles. The third-order valence-corrected chi connectivity index (χ3v) is 4.93. The maximum Gasteiger partial charge on any atom is 0.237 e. The first-order chi connectivity index (χ1) is 9.16. The second-order valence-electron chi connectivity index (χ2n) is 6.72. The predicted octanol–water partition coefficient (Wildman–Crippen LogP) is 2.85. The molecule has 0 aromatic rings. The Morgan fingerprint density at radius 3 is 2.68 bits per heavy atom. The Morgan fingerprint density at radius 1 is 1.05 bits per heavy atom. The second kappa shape index (κ2) is 7.28. The van der Waals surface area contributed by atoms with Crippen LogP contribution in [-0.2, 0) is 4.79 Å². The molecule has 2 fully saturated rings. The number of hydrogen-bond donors (Lipinski definition) is 2. The molecule has 2 N–H and O–H groups in total. The van der Waals surface area contributed by atoms with Crippen LogP contribution in [0, 0.1) is 11.8 Å². The van der Waals surface area contributed by atoms with Gasteiger partial charge in [-0.15, -0.1) is 0 Å². The third kappa shape index (κ3) is 4.48. The first-order valence-electron chi connectivity index (χ1n) is 8.20. The fourth-order valence-electron chi connectivity index (χ4n) is 3.55. The fraction of sp³-hybridized carbons (Fsp3) is 0.938. The number of hydrogen-bond acceptors (Lipinski definition) is 2. The molecule has 0 aromatic carbocycles. The van der Waals surface area contributed by atoms with Crippen LogP contribution in [0.25, 0.3) is 0 Å². The molecule has 2 aliphatic rings. The second-order valence-corrected chi connectivity index (χ2v) is 6.72. The molecule has 3 heteroatoms. The van der Waals surface area contributed by atoms with Crippen molar-refractivity contribution in [3.63, 3.8) is 0 Å². The number of carbonyl (C=O) groups excluding carboxylic acids is 1. The number of nitrogens with one attached hydrogen (secondary N) is 2. The smallest absolute Gasteiger partial charge is 0.237 e. The Morgan fingerprint density at radius 2 is 1.89 bits per heavy atom. The minimum absolute atomic E-state index is 0.0584. The van der Waals surface area contributed by atoms with Crippen molar-refractivity contribution in [2.24, 2.45) is 11.8 Å². The lowest BCUT2D eigenvalue weighted by molar-refractivity contribution is -0.123. The van der Waals surface area contributed by atoms with Crippen LogP contribution in [0.4, 0.5) is 0 Å². The van der Waals surface area contributed by atoms with Crippen molar-refractivity contribution in [3.05, 3.63) is 0 Å². The zero-order valence-corrected chi connectivity index (χ0v) is 12.6. The minimum atomic E-state index is 0.0584. The van der Waals surface area contributed by atoms with Gasteiger partial charge in [-0.1, -0.05) is 26.7 Å². The molecule has 1 saturated carbocycles. The van der Waals surface area contributed by atoms with Crippen LogP contribution < -0.4 is 10.6 Å². The molecular weight excluding hydrogens is 236 g/mol. The lowest BCUT2D eigenvalue weighted by atomic mass is 9.89. The van der Waals surface area contributed by atoms with Gasteiger partial charge in [-0.05, 0) is 50.4 Å². The van der Waals surface area contributed by atoms with E-state index in [4.69, 9.17) is 0 Å². The highest BCUT2D eigenvalue weighted by molar-refractivity contribution is 5.81. The zero-order valence-electron chi connectivity index (χ0n) is 12.6. The summed E-state index contributed by atoms with van der Waals surface area (Å²) in [4.78, 5) is 12.0. The van der Waals surface area contributed by atoms with E-state index in [0.29, 0.717) is 6.04 Å². The van der Waals surface area contributed by atoms with Crippen LogP contribution in [0.2, 0.25) is 0 Å². The van der Waals surface area contributed by atoms with Crippen molar-refractivity contribution in [2.75, 3.05) is 6.54 Å². The summed E-state index contributed by atoms with van der Waals surface area (Å²) in [6, 6.07) is 0.612. The highest BCUT2D eigenvalue weighted by Crippen LogP contribution is 2.29. The Bertz CT molecular complexity index is 290. The van der Waals surface area contributed by atoms with E-state index in [1.165, 1.54) is 32.1 Å². The molecule has 1 aliphatic heterocycles. The normalized spacial score (nSPS) is 33.6. The summed E-state index contributed by atoms with van der Waals surface area (Å²) in [5, 5.41) is 6.66. The maximum atomic E-state index is 12.0. The monoisotopic (exact) mass is 266 g/mol. The van der Waals surface area contributed by atoms with Gasteiger partial charge in [0, 0.05) is 12.6 Å². The van der Waals surface area contributed by atoms with Crippen LogP contribution >= 0.6 is 0 Å². The summed E-state index contributed by atoms with van der Waals surface area (Å²) in [6.07, 6.45) is 9.79. The molecular formula is C16H30N2O. The summed E-state index contributed by atoms with van der Waals surface area (Å²) < 4.78 is 0. The summed E-state index contributed by atoms with van der Waals surface area (Å²) in [6.45, 7) is 5.55. The van der Waals surface area contributed by atoms with Gasteiger partial charge < -0.3 is 10.6 Å². The summed E-state index contributed by atoms with van der Waals surface area (Å²) in [5.74, 6) is 1.91. The molecule has 19 heavy (non-hydrogen) atoms. The average molecular weight is 266 g/mol. The Hall–Kier alpha value is -0.570.